The van der Waals surface area contributed by atoms with E-state index in [1.165, 1.54) is 22.1 Å². The summed E-state index contributed by atoms with van der Waals surface area (Å²) in [4.78, 5) is 37.4. The van der Waals surface area contributed by atoms with Crippen molar-refractivity contribution in [3.63, 3.8) is 0 Å². The standard InChI is InChI=1S/C20H25N3O2.C4H4O4/c1-3-14(11-24)22-20(25)13-7-16-15-5-4-6-17-19(15)12(9-21-17)8-18(16)23(2)10-13;5-3(6)1-2-4(7)8/h4-7,9,13-14,18,21,24H,3,8,10-11H2,1-2H3,(H,22,25);1-2H,(H,5,6)(H,7,8)/b;2-1-/t13-,14-,18+;/m0./s1. The average Bonchev–Trinajstić information content (AvgIpc) is 3.21. The van der Waals surface area contributed by atoms with Crippen LogP contribution < -0.4 is 5.32 Å². The van der Waals surface area contributed by atoms with Gasteiger partial charge >= 0.3 is 11.9 Å². The highest BCUT2D eigenvalue weighted by molar-refractivity contribution is 5.99. The second-order valence-corrected chi connectivity index (χ2v) is 8.24. The number of amides is 1. The number of hydrogen-bond donors (Lipinski definition) is 5. The van der Waals surface area contributed by atoms with E-state index in [4.69, 9.17) is 10.2 Å². The molecule has 9 heteroatoms. The quantitative estimate of drug-likeness (QED) is 0.417. The van der Waals surface area contributed by atoms with Gasteiger partial charge in [0.05, 0.1) is 18.6 Å². The van der Waals surface area contributed by atoms with E-state index >= 15 is 0 Å². The highest BCUT2D eigenvalue weighted by Crippen LogP contribution is 2.40. The molecule has 9 nitrogen and oxygen atoms in total. The Labute approximate surface area is 191 Å². The van der Waals surface area contributed by atoms with Crippen molar-refractivity contribution in [3.05, 3.63) is 53.8 Å². The van der Waals surface area contributed by atoms with Gasteiger partial charge in [-0.3, -0.25) is 9.69 Å². The summed E-state index contributed by atoms with van der Waals surface area (Å²) < 4.78 is 0. The molecule has 2 heterocycles. The molecule has 33 heavy (non-hydrogen) atoms. The summed E-state index contributed by atoms with van der Waals surface area (Å²) in [7, 11) is 2.10. The zero-order valence-electron chi connectivity index (χ0n) is 18.6. The van der Waals surface area contributed by atoms with Crippen LogP contribution in [0, 0.1) is 5.92 Å². The van der Waals surface area contributed by atoms with E-state index in [0.29, 0.717) is 24.7 Å². The minimum absolute atomic E-state index is 0.00532. The molecule has 0 saturated carbocycles. The van der Waals surface area contributed by atoms with E-state index in [-0.39, 0.29) is 24.5 Å². The molecule has 0 unspecified atom stereocenters. The molecule has 1 aromatic carbocycles. The van der Waals surface area contributed by atoms with Gasteiger partial charge in [-0.2, -0.15) is 0 Å². The third-order valence-electron chi connectivity index (χ3n) is 6.03. The molecule has 0 radical (unpaired) electrons. The lowest BCUT2D eigenvalue weighted by Crippen LogP contribution is -2.48. The van der Waals surface area contributed by atoms with Gasteiger partial charge in [0.2, 0.25) is 5.91 Å². The van der Waals surface area contributed by atoms with Gasteiger partial charge in [-0.1, -0.05) is 25.1 Å². The lowest BCUT2D eigenvalue weighted by molar-refractivity contribution is -0.134. The van der Waals surface area contributed by atoms with Crippen molar-refractivity contribution in [3.8, 4) is 0 Å². The molecule has 1 amide bonds. The van der Waals surface area contributed by atoms with E-state index in [9.17, 15) is 19.5 Å². The van der Waals surface area contributed by atoms with Gasteiger partial charge in [0.1, 0.15) is 0 Å². The van der Waals surface area contributed by atoms with E-state index in [2.05, 4.69) is 52.7 Å². The smallest absolute Gasteiger partial charge is 0.328 e. The molecule has 176 valence electrons. The summed E-state index contributed by atoms with van der Waals surface area (Å²) in [5, 5.41) is 29.2. The molecule has 0 fully saturated rings. The lowest BCUT2D eigenvalue weighted by atomic mass is 9.80. The number of nitrogens with one attached hydrogen (secondary N) is 2. The van der Waals surface area contributed by atoms with E-state index in [0.717, 1.165) is 18.4 Å². The molecule has 2 aromatic rings. The third-order valence-corrected chi connectivity index (χ3v) is 6.03. The molecule has 5 N–H and O–H groups in total. The van der Waals surface area contributed by atoms with E-state index < -0.39 is 11.9 Å². The number of likely N-dealkylation sites (N-methyl/N-ethyl adjacent to an activating group) is 1. The van der Waals surface area contributed by atoms with Crippen LogP contribution in [0.15, 0.2) is 42.6 Å². The number of aliphatic carboxylic acids is 2. The first kappa shape index (κ1) is 24.2. The van der Waals surface area contributed by atoms with Crippen LogP contribution in [0.1, 0.15) is 24.5 Å². The molecule has 0 spiro atoms. The largest absolute Gasteiger partial charge is 0.478 e. The fraction of sp³-hybridized carbons (Fsp3) is 0.375. The first-order valence-corrected chi connectivity index (χ1v) is 10.8. The highest BCUT2D eigenvalue weighted by atomic mass is 16.4. The SMILES string of the molecule is CC[C@@H](CO)NC(=O)[C@H]1C=C2c3cccc4[nH]cc(c34)C[C@H]2N(C)C1.O=C(O)/C=C\C(=O)O. The number of carbonyl (C=O) groups excluding carboxylic acids is 1. The van der Waals surface area contributed by atoms with Crippen molar-refractivity contribution < 1.29 is 29.7 Å². The summed E-state index contributed by atoms with van der Waals surface area (Å²) in [5.41, 5.74) is 5.01. The normalized spacial score (nSPS) is 20.4. The summed E-state index contributed by atoms with van der Waals surface area (Å²) in [6.45, 7) is 2.66. The third kappa shape index (κ3) is 5.50. The van der Waals surface area contributed by atoms with Crippen molar-refractivity contribution >= 4 is 34.3 Å². The molecule has 0 bridgehead atoms. The summed E-state index contributed by atoms with van der Waals surface area (Å²) >= 11 is 0. The van der Waals surface area contributed by atoms with Gasteiger partial charge in [-0.05, 0) is 42.7 Å². The number of hydrogen-bond acceptors (Lipinski definition) is 5. The van der Waals surface area contributed by atoms with E-state index in [1.807, 2.05) is 6.92 Å². The van der Waals surface area contributed by atoms with Crippen LogP contribution in [0.3, 0.4) is 0 Å². The number of rotatable bonds is 6. The fourth-order valence-corrected chi connectivity index (χ4v) is 4.34. The molecule has 2 aliphatic rings. The van der Waals surface area contributed by atoms with Gasteiger partial charge in [-0.15, -0.1) is 0 Å². The average molecular weight is 456 g/mol. The Morgan fingerprint density at radius 2 is 1.94 bits per heavy atom. The second kappa shape index (κ2) is 10.5. The first-order chi connectivity index (χ1) is 15.7. The van der Waals surface area contributed by atoms with Crippen LogP contribution in [-0.2, 0) is 20.8 Å². The van der Waals surface area contributed by atoms with Crippen LogP contribution >= 0.6 is 0 Å². The molecule has 1 aromatic heterocycles. The number of carboxylic acids is 2. The Bertz CT molecular complexity index is 1080. The Hall–Kier alpha value is -3.43. The molecular weight excluding hydrogens is 426 g/mol. The Kier molecular flexibility index (Phi) is 7.67. The van der Waals surface area contributed by atoms with Crippen molar-refractivity contribution in [2.24, 2.45) is 5.92 Å². The predicted molar refractivity (Wildman–Crippen MR) is 124 cm³/mol. The van der Waals surface area contributed by atoms with Crippen molar-refractivity contribution in [1.29, 1.82) is 0 Å². The predicted octanol–water partition coefficient (Wildman–Crippen LogP) is 1.64. The van der Waals surface area contributed by atoms with Gasteiger partial charge in [-0.25, -0.2) is 9.59 Å². The van der Waals surface area contributed by atoms with Crippen molar-refractivity contribution in [2.75, 3.05) is 20.2 Å². The Balaban J connectivity index is 0.000000331. The number of aliphatic hydroxyl groups excluding tert-OH is 1. The number of benzene rings is 1. The second-order valence-electron chi connectivity index (χ2n) is 8.24. The van der Waals surface area contributed by atoms with Gasteiger partial charge in [0, 0.05) is 41.8 Å². The van der Waals surface area contributed by atoms with Gasteiger partial charge in [0.25, 0.3) is 0 Å². The number of aliphatic hydroxyl groups is 1. The van der Waals surface area contributed by atoms with Crippen LogP contribution in [0.5, 0.6) is 0 Å². The minimum atomic E-state index is -1.26. The zero-order chi connectivity index (χ0) is 24.1. The summed E-state index contributed by atoms with van der Waals surface area (Å²) in [6, 6.07) is 6.49. The highest BCUT2D eigenvalue weighted by Gasteiger charge is 2.35. The minimum Gasteiger partial charge on any atom is -0.478 e. The maximum absolute atomic E-state index is 12.7. The summed E-state index contributed by atoms with van der Waals surface area (Å²) in [5.74, 6) is -2.70. The molecule has 1 aliphatic heterocycles. The Morgan fingerprint density at radius 3 is 2.55 bits per heavy atom. The van der Waals surface area contributed by atoms with Crippen LogP contribution in [0.2, 0.25) is 0 Å². The maximum Gasteiger partial charge on any atom is 0.328 e. The van der Waals surface area contributed by atoms with Crippen LogP contribution in [0.4, 0.5) is 0 Å². The van der Waals surface area contributed by atoms with Crippen LogP contribution in [0.25, 0.3) is 16.5 Å². The number of carbonyl (C=O) groups is 3. The van der Waals surface area contributed by atoms with E-state index in [1.54, 1.807) is 0 Å². The maximum atomic E-state index is 12.7. The van der Waals surface area contributed by atoms with Crippen molar-refractivity contribution in [2.45, 2.75) is 31.8 Å². The number of aromatic amines is 1. The number of aromatic nitrogens is 1. The number of H-pyrrole nitrogens is 1. The molecule has 1 aliphatic carbocycles. The molecule has 0 saturated heterocycles. The molecule has 3 atom stereocenters. The summed E-state index contributed by atoms with van der Waals surface area (Å²) in [6.07, 6.45) is 7.09. The molecule has 4 rings (SSSR count). The van der Waals surface area contributed by atoms with Crippen LogP contribution in [-0.4, -0.2) is 75.3 Å². The van der Waals surface area contributed by atoms with Crippen molar-refractivity contribution in [1.82, 2.24) is 15.2 Å². The number of carboxylic acid groups (broad SMARTS) is 2. The number of fused-ring (bicyclic) bond motifs is 2. The van der Waals surface area contributed by atoms with Gasteiger partial charge < -0.3 is 25.6 Å². The van der Waals surface area contributed by atoms with Gasteiger partial charge in [0.15, 0.2) is 0 Å². The monoisotopic (exact) mass is 455 g/mol. The first-order valence-electron chi connectivity index (χ1n) is 10.8. The number of nitrogens with zero attached hydrogens (tertiary/aromatic N) is 1. The Morgan fingerprint density at radius 1 is 1.24 bits per heavy atom. The topological polar surface area (TPSA) is 143 Å². The molecular formula is C24H29N3O6. The zero-order valence-corrected chi connectivity index (χ0v) is 18.6. The fourth-order valence-electron chi connectivity index (χ4n) is 4.34. The lowest BCUT2D eigenvalue weighted by Gasteiger charge is -2.39.